The Hall–Kier alpha value is -3.40. The van der Waals surface area contributed by atoms with E-state index in [9.17, 15) is 34.7 Å². The minimum atomic E-state index is -1.64. The van der Waals surface area contributed by atoms with Crippen LogP contribution in [-0.4, -0.2) is 38.2 Å². The molecule has 0 radical (unpaired) electrons. The maximum Gasteiger partial charge on any atom is 0.337 e. The molecule has 0 saturated carbocycles. The van der Waals surface area contributed by atoms with Gasteiger partial charge in [-0.05, 0) is 12.1 Å². The van der Waals surface area contributed by atoms with E-state index in [0.29, 0.717) is 17.8 Å². The summed E-state index contributed by atoms with van der Waals surface area (Å²) in [6, 6.07) is 7.18. The van der Waals surface area contributed by atoms with Crippen molar-refractivity contribution >= 4 is 35.4 Å². The minimum absolute atomic E-state index is 0.120. The van der Waals surface area contributed by atoms with Gasteiger partial charge in [-0.3, -0.25) is 10.1 Å². The molecule has 0 fully saturated rings. The van der Waals surface area contributed by atoms with E-state index in [2.05, 4.69) is 0 Å². The first-order chi connectivity index (χ1) is 11.7. The zero-order valence-corrected chi connectivity index (χ0v) is 13.0. The van der Waals surface area contributed by atoms with Crippen LogP contribution in [0.5, 0.6) is 0 Å². The van der Waals surface area contributed by atoms with Crippen molar-refractivity contribution in [3.05, 3.63) is 63.2 Å². The van der Waals surface area contributed by atoms with E-state index < -0.39 is 39.6 Å². The highest BCUT2D eigenvalue weighted by Gasteiger charge is 2.26. The number of carbonyl (C=O) groups is 3. The van der Waals surface area contributed by atoms with Crippen LogP contribution >= 0.6 is 11.8 Å². The Bertz CT molecular complexity index is 908. The van der Waals surface area contributed by atoms with Crippen molar-refractivity contribution in [1.82, 2.24) is 0 Å². The van der Waals surface area contributed by atoms with Crippen molar-refractivity contribution < 1.29 is 34.6 Å². The van der Waals surface area contributed by atoms with Crippen molar-refractivity contribution in [2.24, 2.45) is 0 Å². The zero-order chi connectivity index (χ0) is 18.7. The van der Waals surface area contributed by atoms with Crippen molar-refractivity contribution in [1.29, 1.82) is 0 Å². The van der Waals surface area contributed by atoms with Gasteiger partial charge in [0.15, 0.2) is 0 Å². The van der Waals surface area contributed by atoms with Crippen LogP contribution in [0, 0.1) is 10.1 Å². The van der Waals surface area contributed by atoms with Crippen LogP contribution in [0.25, 0.3) is 0 Å². The third-order valence-electron chi connectivity index (χ3n) is 3.08. The smallest absolute Gasteiger partial charge is 0.337 e. The van der Waals surface area contributed by atoms with Crippen molar-refractivity contribution in [2.75, 3.05) is 0 Å². The van der Waals surface area contributed by atoms with E-state index in [1.54, 1.807) is 0 Å². The second kappa shape index (κ2) is 7.01. The molecule has 25 heavy (non-hydrogen) atoms. The molecule has 9 nitrogen and oxygen atoms in total. The summed E-state index contributed by atoms with van der Waals surface area (Å²) >= 11 is 0.631. The lowest BCUT2D eigenvalue weighted by Gasteiger charge is -2.10. The number of carboxylic acids is 3. The first kappa shape index (κ1) is 17.9. The summed E-state index contributed by atoms with van der Waals surface area (Å²) in [7, 11) is 0. The fourth-order valence-corrected chi connectivity index (χ4v) is 3.15. The molecule has 2 aromatic carbocycles. The molecule has 3 N–H and O–H groups in total. The van der Waals surface area contributed by atoms with E-state index in [0.717, 1.165) is 6.07 Å². The van der Waals surface area contributed by atoms with Crippen LogP contribution in [0.4, 0.5) is 5.69 Å². The Balaban J connectivity index is 2.71. The van der Waals surface area contributed by atoms with Crippen molar-refractivity contribution in [3.63, 3.8) is 0 Å². The molecule has 10 heteroatoms. The van der Waals surface area contributed by atoms with Gasteiger partial charge >= 0.3 is 17.9 Å². The van der Waals surface area contributed by atoms with Gasteiger partial charge in [0, 0.05) is 21.9 Å². The third-order valence-corrected chi connectivity index (χ3v) is 4.20. The summed E-state index contributed by atoms with van der Waals surface area (Å²) in [6.07, 6.45) is 0. The van der Waals surface area contributed by atoms with E-state index in [1.807, 2.05) is 0 Å². The van der Waals surface area contributed by atoms with Crippen LogP contribution in [-0.2, 0) is 0 Å². The lowest BCUT2D eigenvalue weighted by Crippen LogP contribution is -2.11. The number of non-ortho nitro benzene ring substituents is 1. The summed E-state index contributed by atoms with van der Waals surface area (Å²) in [6.45, 7) is 0. The standard InChI is InChI=1S/C15H9NO8S/c17-13(18)8-3-1-2-4-10(8)25-11-6-7(16(23)24)5-9(14(19)20)12(11)15(21)22/h1-6H,(H,17,18)(H,19,20)(H,21,22). The number of carboxylic acid groups (broad SMARTS) is 3. The molecule has 0 aliphatic carbocycles. The number of rotatable bonds is 6. The van der Waals surface area contributed by atoms with Crippen LogP contribution in [0.1, 0.15) is 31.1 Å². The van der Waals surface area contributed by atoms with Crippen molar-refractivity contribution in [2.45, 2.75) is 9.79 Å². The second-order valence-electron chi connectivity index (χ2n) is 4.64. The minimum Gasteiger partial charge on any atom is -0.478 e. The van der Waals surface area contributed by atoms with E-state index >= 15 is 0 Å². The molecule has 2 rings (SSSR count). The van der Waals surface area contributed by atoms with Crippen LogP contribution in [0.15, 0.2) is 46.2 Å². The van der Waals surface area contributed by atoms with E-state index in [4.69, 9.17) is 5.11 Å². The molecule has 0 aliphatic rings. The highest BCUT2D eigenvalue weighted by molar-refractivity contribution is 7.99. The van der Waals surface area contributed by atoms with Gasteiger partial charge < -0.3 is 15.3 Å². The third kappa shape index (κ3) is 3.75. The quantitative estimate of drug-likeness (QED) is 0.519. The van der Waals surface area contributed by atoms with Gasteiger partial charge in [-0.1, -0.05) is 23.9 Å². The van der Waals surface area contributed by atoms with Crippen LogP contribution in [0.3, 0.4) is 0 Å². The summed E-state index contributed by atoms with van der Waals surface area (Å²) in [5.74, 6) is -4.51. The highest BCUT2D eigenvalue weighted by Crippen LogP contribution is 2.37. The second-order valence-corrected chi connectivity index (χ2v) is 5.72. The summed E-state index contributed by atoms with van der Waals surface area (Å²) in [5.41, 5.74) is -2.16. The molecular weight excluding hydrogens is 354 g/mol. The average molecular weight is 363 g/mol. The Morgan fingerprint density at radius 3 is 2.00 bits per heavy atom. The van der Waals surface area contributed by atoms with Gasteiger partial charge in [0.1, 0.15) is 0 Å². The summed E-state index contributed by atoms with van der Waals surface area (Å²) in [5, 5.41) is 38.7. The zero-order valence-electron chi connectivity index (χ0n) is 12.2. The van der Waals surface area contributed by atoms with Crippen LogP contribution in [0.2, 0.25) is 0 Å². The maximum atomic E-state index is 11.5. The van der Waals surface area contributed by atoms with E-state index in [1.165, 1.54) is 24.3 Å². The number of nitro groups is 1. The Morgan fingerprint density at radius 1 is 0.880 bits per heavy atom. The molecule has 128 valence electrons. The fourth-order valence-electron chi connectivity index (χ4n) is 2.03. The average Bonchev–Trinajstić information content (AvgIpc) is 2.53. The molecule has 0 bridgehead atoms. The Labute approximate surface area is 143 Å². The van der Waals surface area contributed by atoms with Crippen molar-refractivity contribution in [3.8, 4) is 0 Å². The molecule has 0 saturated heterocycles. The predicted octanol–water partition coefficient (Wildman–Crippen LogP) is 2.84. The predicted molar refractivity (Wildman–Crippen MR) is 84.5 cm³/mol. The number of aromatic carboxylic acids is 3. The monoisotopic (exact) mass is 363 g/mol. The highest BCUT2D eigenvalue weighted by atomic mass is 32.2. The number of benzene rings is 2. The lowest BCUT2D eigenvalue weighted by atomic mass is 10.1. The SMILES string of the molecule is O=C(O)c1ccccc1Sc1cc([N+](=O)[O-])cc(C(=O)O)c1C(=O)O. The van der Waals surface area contributed by atoms with Gasteiger partial charge in [0.25, 0.3) is 5.69 Å². The maximum absolute atomic E-state index is 11.5. The Morgan fingerprint density at radius 2 is 1.48 bits per heavy atom. The molecule has 0 aliphatic heterocycles. The largest absolute Gasteiger partial charge is 0.478 e. The van der Waals surface area contributed by atoms with Gasteiger partial charge in [-0.2, -0.15) is 0 Å². The normalized spacial score (nSPS) is 10.2. The number of nitro benzene ring substituents is 1. The first-order valence-electron chi connectivity index (χ1n) is 6.51. The molecule has 0 amide bonds. The molecule has 0 atom stereocenters. The molecule has 0 heterocycles. The first-order valence-corrected chi connectivity index (χ1v) is 7.33. The molecule has 0 unspecified atom stereocenters. The number of hydrogen-bond donors (Lipinski definition) is 3. The molecule has 2 aromatic rings. The molecular formula is C15H9NO8S. The van der Waals surface area contributed by atoms with E-state index in [-0.39, 0.29) is 15.4 Å². The Kier molecular flexibility index (Phi) is 5.03. The fraction of sp³-hybridized carbons (Fsp3) is 0. The van der Waals surface area contributed by atoms with Gasteiger partial charge in [0.05, 0.1) is 21.6 Å². The summed E-state index contributed by atoms with van der Waals surface area (Å²) < 4.78 is 0. The lowest BCUT2D eigenvalue weighted by molar-refractivity contribution is -0.385. The van der Waals surface area contributed by atoms with Crippen LogP contribution < -0.4 is 0 Å². The molecule has 0 aromatic heterocycles. The number of nitrogens with zero attached hydrogens (tertiary/aromatic N) is 1. The topological polar surface area (TPSA) is 155 Å². The molecule has 0 spiro atoms. The van der Waals surface area contributed by atoms with Gasteiger partial charge in [-0.15, -0.1) is 0 Å². The van der Waals surface area contributed by atoms with Gasteiger partial charge in [-0.25, -0.2) is 14.4 Å². The van der Waals surface area contributed by atoms with Gasteiger partial charge in [0.2, 0.25) is 0 Å². The number of hydrogen-bond acceptors (Lipinski definition) is 6. The summed E-state index contributed by atoms with van der Waals surface area (Å²) in [4.78, 5) is 44.0.